The van der Waals surface area contributed by atoms with Gasteiger partial charge in [0.1, 0.15) is 11.3 Å². The zero-order chi connectivity index (χ0) is 13.6. The highest BCUT2D eigenvalue weighted by atomic mass is 35.5. The fourth-order valence-electron chi connectivity index (χ4n) is 2.02. The van der Waals surface area contributed by atoms with E-state index in [1.807, 2.05) is 36.7 Å². The Bertz CT molecular complexity index is 763. The summed E-state index contributed by atoms with van der Waals surface area (Å²) in [6, 6.07) is 5.67. The van der Waals surface area contributed by atoms with Gasteiger partial charge in [0.05, 0.1) is 22.5 Å². The molecule has 0 N–H and O–H groups in total. The summed E-state index contributed by atoms with van der Waals surface area (Å²) in [4.78, 5) is 4.60. The van der Waals surface area contributed by atoms with Crippen LogP contribution in [0.4, 0.5) is 0 Å². The van der Waals surface area contributed by atoms with Gasteiger partial charge in [0, 0.05) is 5.69 Å². The predicted molar refractivity (Wildman–Crippen MR) is 77.8 cm³/mol. The fraction of sp³-hybridized carbons (Fsp3) is 0.231. The first-order valence-electron chi connectivity index (χ1n) is 5.77. The largest absolute Gasteiger partial charge is 0.494 e. The lowest BCUT2D eigenvalue weighted by Crippen LogP contribution is -1.97. The predicted octanol–water partition coefficient (Wildman–Crippen LogP) is 3.76. The fourth-order valence-corrected chi connectivity index (χ4v) is 3.29. The van der Waals surface area contributed by atoms with Crippen molar-refractivity contribution in [2.24, 2.45) is 0 Å². The summed E-state index contributed by atoms with van der Waals surface area (Å²) >= 11 is 7.73. The number of hydrogen-bond donors (Lipinski definition) is 0. The van der Waals surface area contributed by atoms with Gasteiger partial charge >= 0.3 is 0 Å². The van der Waals surface area contributed by atoms with Gasteiger partial charge in [-0.3, -0.25) is 0 Å². The number of halogens is 1. The van der Waals surface area contributed by atoms with Gasteiger partial charge in [0.25, 0.3) is 0 Å². The summed E-state index contributed by atoms with van der Waals surface area (Å²) in [5.41, 5.74) is 2.80. The number of methoxy groups -OCH3 is 1. The van der Waals surface area contributed by atoms with Crippen molar-refractivity contribution in [2.75, 3.05) is 7.11 Å². The topological polar surface area (TPSA) is 39.9 Å². The molecule has 1 aromatic carbocycles. The second kappa shape index (κ2) is 4.51. The van der Waals surface area contributed by atoms with Crippen molar-refractivity contribution in [1.82, 2.24) is 14.8 Å². The molecule has 0 aliphatic rings. The Labute approximate surface area is 119 Å². The van der Waals surface area contributed by atoms with Crippen LogP contribution in [0.1, 0.15) is 11.4 Å². The lowest BCUT2D eigenvalue weighted by molar-refractivity contribution is 0.419. The van der Waals surface area contributed by atoms with Gasteiger partial charge in [-0.15, -0.1) is 0 Å². The Morgan fingerprint density at radius 3 is 2.74 bits per heavy atom. The second-order valence-corrected chi connectivity index (χ2v) is 5.65. The molecule has 0 aliphatic carbocycles. The van der Waals surface area contributed by atoms with E-state index in [2.05, 4.69) is 10.1 Å². The van der Waals surface area contributed by atoms with E-state index in [1.165, 1.54) is 11.3 Å². The van der Waals surface area contributed by atoms with Crippen LogP contribution in [0.2, 0.25) is 5.02 Å². The molecule has 3 rings (SSSR count). The van der Waals surface area contributed by atoms with Crippen molar-refractivity contribution in [1.29, 1.82) is 0 Å². The average Bonchev–Trinajstić information content (AvgIpc) is 2.94. The number of fused-ring (bicyclic) bond motifs is 1. The van der Waals surface area contributed by atoms with Crippen molar-refractivity contribution in [3.63, 3.8) is 0 Å². The number of aromatic nitrogens is 3. The summed E-state index contributed by atoms with van der Waals surface area (Å²) in [5, 5.41) is 5.92. The van der Waals surface area contributed by atoms with Gasteiger partial charge in [-0.2, -0.15) is 5.10 Å². The van der Waals surface area contributed by atoms with Crippen molar-refractivity contribution in [3.8, 4) is 10.9 Å². The van der Waals surface area contributed by atoms with E-state index in [0.717, 1.165) is 32.5 Å². The van der Waals surface area contributed by atoms with Crippen LogP contribution in [0, 0.1) is 13.8 Å². The van der Waals surface area contributed by atoms with Gasteiger partial charge in [-0.05, 0) is 32.0 Å². The molecule has 0 unspecified atom stereocenters. The van der Waals surface area contributed by atoms with Gasteiger partial charge < -0.3 is 4.74 Å². The molecule has 0 radical (unpaired) electrons. The number of thiazole rings is 1. The summed E-state index contributed by atoms with van der Waals surface area (Å²) in [5.74, 6) is 0.725. The molecule has 0 aliphatic heterocycles. The molecule has 0 atom stereocenters. The van der Waals surface area contributed by atoms with Gasteiger partial charge in [-0.25, -0.2) is 9.67 Å². The van der Waals surface area contributed by atoms with E-state index in [4.69, 9.17) is 16.3 Å². The standard InChI is InChI=1S/C13H12ClN3OS/c1-7-6-8(2)17(16-7)13-15-11-10(18-3)5-4-9(14)12(11)19-13/h4-6H,1-3H3. The Morgan fingerprint density at radius 1 is 1.32 bits per heavy atom. The molecule has 0 fully saturated rings. The monoisotopic (exact) mass is 293 g/mol. The molecule has 0 amide bonds. The maximum atomic E-state index is 6.22. The van der Waals surface area contributed by atoms with Crippen molar-refractivity contribution < 1.29 is 4.74 Å². The smallest absolute Gasteiger partial charge is 0.211 e. The number of aryl methyl sites for hydroxylation is 2. The SMILES string of the molecule is COc1ccc(Cl)c2sc(-n3nc(C)cc3C)nc12. The average molecular weight is 294 g/mol. The Balaban J connectivity index is 2.27. The zero-order valence-corrected chi connectivity index (χ0v) is 12.3. The molecule has 19 heavy (non-hydrogen) atoms. The number of rotatable bonds is 2. The van der Waals surface area contributed by atoms with Crippen molar-refractivity contribution >= 4 is 33.2 Å². The number of benzene rings is 1. The third kappa shape index (κ3) is 1.99. The number of ether oxygens (including phenoxy) is 1. The molecule has 0 saturated carbocycles. The van der Waals surface area contributed by atoms with Crippen molar-refractivity contribution in [2.45, 2.75) is 13.8 Å². The molecule has 4 nitrogen and oxygen atoms in total. The zero-order valence-electron chi connectivity index (χ0n) is 10.8. The Morgan fingerprint density at radius 2 is 2.11 bits per heavy atom. The third-order valence-electron chi connectivity index (χ3n) is 2.86. The Hall–Kier alpha value is -1.59. The maximum Gasteiger partial charge on any atom is 0.211 e. The first-order chi connectivity index (χ1) is 9.10. The van der Waals surface area contributed by atoms with Crippen LogP contribution < -0.4 is 4.74 Å². The van der Waals surface area contributed by atoms with E-state index < -0.39 is 0 Å². The normalized spacial score (nSPS) is 11.2. The molecule has 0 saturated heterocycles. The van der Waals surface area contributed by atoms with Crippen LogP contribution in [0.5, 0.6) is 5.75 Å². The van der Waals surface area contributed by atoms with E-state index in [1.54, 1.807) is 7.11 Å². The first kappa shape index (κ1) is 12.4. The van der Waals surface area contributed by atoms with Crippen LogP contribution >= 0.6 is 22.9 Å². The molecule has 2 heterocycles. The minimum Gasteiger partial charge on any atom is -0.494 e. The molecule has 98 valence electrons. The van der Waals surface area contributed by atoms with E-state index >= 15 is 0 Å². The first-order valence-corrected chi connectivity index (χ1v) is 6.96. The van der Waals surface area contributed by atoms with Gasteiger partial charge in [0.2, 0.25) is 5.13 Å². The van der Waals surface area contributed by atoms with E-state index in [9.17, 15) is 0 Å². The molecule has 3 aromatic rings. The van der Waals surface area contributed by atoms with Crippen LogP contribution in [0.15, 0.2) is 18.2 Å². The highest BCUT2D eigenvalue weighted by Crippen LogP contribution is 2.36. The van der Waals surface area contributed by atoms with Crippen LogP contribution in [0.25, 0.3) is 15.3 Å². The Kier molecular flexibility index (Phi) is 2.95. The highest BCUT2D eigenvalue weighted by molar-refractivity contribution is 7.21. The van der Waals surface area contributed by atoms with Crippen molar-refractivity contribution in [3.05, 3.63) is 34.6 Å². The summed E-state index contributed by atoms with van der Waals surface area (Å²) < 4.78 is 8.07. The lowest BCUT2D eigenvalue weighted by Gasteiger charge is -2.00. The third-order valence-corrected chi connectivity index (χ3v) is 4.35. The van der Waals surface area contributed by atoms with E-state index in [-0.39, 0.29) is 0 Å². The highest BCUT2D eigenvalue weighted by Gasteiger charge is 2.15. The van der Waals surface area contributed by atoms with Crippen LogP contribution in [-0.4, -0.2) is 21.9 Å². The van der Waals surface area contributed by atoms with Gasteiger partial charge in [0.15, 0.2) is 0 Å². The molecular formula is C13H12ClN3OS. The molecule has 6 heteroatoms. The lowest BCUT2D eigenvalue weighted by atomic mass is 10.3. The molecular weight excluding hydrogens is 282 g/mol. The number of hydrogen-bond acceptors (Lipinski definition) is 4. The van der Waals surface area contributed by atoms with E-state index in [0.29, 0.717) is 5.02 Å². The quantitative estimate of drug-likeness (QED) is 0.722. The van der Waals surface area contributed by atoms with Gasteiger partial charge in [-0.1, -0.05) is 22.9 Å². The molecule has 0 bridgehead atoms. The molecule has 0 spiro atoms. The minimum absolute atomic E-state index is 0.682. The van der Waals surface area contributed by atoms with Crippen LogP contribution in [0.3, 0.4) is 0 Å². The maximum absolute atomic E-state index is 6.22. The van der Waals surface area contributed by atoms with Crippen LogP contribution in [-0.2, 0) is 0 Å². The minimum atomic E-state index is 0.682. The summed E-state index contributed by atoms with van der Waals surface area (Å²) in [7, 11) is 1.63. The second-order valence-electron chi connectivity index (χ2n) is 4.26. The molecule has 2 aromatic heterocycles. The summed E-state index contributed by atoms with van der Waals surface area (Å²) in [6.45, 7) is 3.97. The number of nitrogens with zero attached hydrogens (tertiary/aromatic N) is 3. The summed E-state index contributed by atoms with van der Waals surface area (Å²) in [6.07, 6.45) is 0.